The second kappa shape index (κ2) is 6.18. The monoisotopic (exact) mass is 230 g/mol. The number of amides is 1. The second-order valence-corrected chi connectivity index (χ2v) is 4.31. The quantitative estimate of drug-likeness (QED) is 0.721. The minimum atomic E-state index is -0.321. The first kappa shape index (κ1) is 13.4. The molecule has 0 saturated carbocycles. The molecule has 1 saturated heterocycles. The van der Waals surface area contributed by atoms with E-state index in [1.54, 1.807) is 19.1 Å². The van der Waals surface area contributed by atoms with Gasteiger partial charge in [0, 0.05) is 20.7 Å². The van der Waals surface area contributed by atoms with E-state index >= 15 is 0 Å². The Hall–Kier alpha value is -0.650. The summed E-state index contributed by atoms with van der Waals surface area (Å²) < 4.78 is 10.6. The van der Waals surface area contributed by atoms with Crippen molar-refractivity contribution in [3.8, 4) is 0 Å². The highest BCUT2D eigenvalue weighted by Crippen LogP contribution is 2.20. The van der Waals surface area contributed by atoms with E-state index in [1.807, 2.05) is 6.92 Å². The van der Waals surface area contributed by atoms with Gasteiger partial charge in [-0.25, -0.2) is 0 Å². The Morgan fingerprint density at radius 3 is 2.81 bits per heavy atom. The lowest BCUT2D eigenvalue weighted by Gasteiger charge is -2.26. The van der Waals surface area contributed by atoms with Crippen LogP contribution in [0.1, 0.15) is 19.8 Å². The summed E-state index contributed by atoms with van der Waals surface area (Å²) in [6, 6.07) is 0.0676. The summed E-state index contributed by atoms with van der Waals surface area (Å²) in [6.45, 7) is 2.98. The smallest absolute Gasteiger partial charge is 0.251 e. The maximum atomic E-state index is 12.0. The Labute approximate surface area is 96.9 Å². The number of rotatable bonds is 5. The molecule has 0 aromatic heterocycles. The zero-order valence-electron chi connectivity index (χ0n) is 10.3. The highest BCUT2D eigenvalue weighted by atomic mass is 16.5. The molecule has 5 heteroatoms. The van der Waals surface area contributed by atoms with Gasteiger partial charge in [-0.1, -0.05) is 0 Å². The summed E-state index contributed by atoms with van der Waals surface area (Å²) in [6.07, 6.45) is 1.36. The summed E-state index contributed by atoms with van der Waals surface area (Å²) in [5.74, 6) is 0.0282. The van der Waals surface area contributed by atoms with Crippen molar-refractivity contribution >= 4 is 5.91 Å². The molecule has 1 rings (SSSR count). The Morgan fingerprint density at radius 1 is 1.62 bits per heavy atom. The molecule has 1 amide bonds. The standard InChI is InChI=1S/C11H22N2O3/c1-8(7-15-3)13(2)11(14)10-5-4-9(6-12)16-10/h8-10H,4-7,12H2,1-3H3/t8?,9-,10+/m1/s1. The van der Waals surface area contributed by atoms with Crippen molar-refractivity contribution in [2.24, 2.45) is 5.73 Å². The van der Waals surface area contributed by atoms with Crippen LogP contribution in [-0.4, -0.2) is 56.4 Å². The number of hydrogen-bond acceptors (Lipinski definition) is 4. The van der Waals surface area contributed by atoms with Crippen LogP contribution in [-0.2, 0) is 14.3 Å². The second-order valence-electron chi connectivity index (χ2n) is 4.31. The number of carbonyl (C=O) groups excluding carboxylic acids is 1. The summed E-state index contributed by atoms with van der Waals surface area (Å²) in [5, 5.41) is 0. The Bertz CT molecular complexity index is 231. The normalized spacial score (nSPS) is 26.8. The molecule has 16 heavy (non-hydrogen) atoms. The van der Waals surface area contributed by atoms with Crippen LogP contribution in [0.15, 0.2) is 0 Å². The largest absolute Gasteiger partial charge is 0.383 e. The lowest BCUT2D eigenvalue weighted by molar-refractivity contribution is -0.144. The third-order valence-corrected chi connectivity index (χ3v) is 3.06. The van der Waals surface area contributed by atoms with Gasteiger partial charge in [0.15, 0.2) is 0 Å². The van der Waals surface area contributed by atoms with Crippen molar-refractivity contribution < 1.29 is 14.3 Å². The van der Waals surface area contributed by atoms with Crippen molar-refractivity contribution in [3.63, 3.8) is 0 Å². The third kappa shape index (κ3) is 3.17. The third-order valence-electron chi connectivity index (χ3n) is 3.06. The van der Waals surface area contributed by atoms with E-state index in [1.165, 1.54) is 0 Å². The fourth-order valence-electron chi connectivity index (χ4n) is 1.86. The first-order valence-corrected chi connectivity index (χ1v) is 5.71. The van der Waals surface area contributed by atoms with E-state index in [2.05, 4.69) is 0 Å². The van der Waals surface area contributed by atoms with Gasteiger partial charge in [-0.15, -0.1) is 0 Å². The Kier molecular flexibility index (Phi) is 5.18. The average Bonchev–Trinajstić information content (AvgIpc) is 2.75. The van der Waals surface area contributed by atoms with E-state index in [4.69, 9.17) is 15.2 Å². The van der Waals surface area contributed by atoms with E-state index in [0.29, 0.717) is 13.2 Å². The fourth-order valence-corrected chi connectivity index (χ4v) is 1.86. The Balaban J connectivity index is 2.45. The molecule has 1 fully saturated rings. The molecular formula is C11H22N2O3. The minimum absolute atomic E-state index is 0.0282. The number of likely N-dealkylation sites (N-methyl/N-ethyl adjacent to an activating group) is 1. The van der Waals surface area contributed by atoms with Crippen molar-refractivity contribution in [2.45, 2.75) is 38.0 Å². The highest BCUT2D eigenvalue weighted by molar-refractivity contribution is 5.81. The van der Waals surface area contributed by atoms with Gasteiger partial charge >= 0.3 is 0 Å². The van der Waals surface area contributed by atoms with Crippen LogP contribution in [0.25, 0.3) is 0 Å². The van der Waals surface area contributed by atoms with Gasteiger partial charge in [0.2, 0.25) is 0 Å². The summed E-state index contributed by atoms with van der Waals surface area (Å²) in [7, 11) is 3.41. The van der Waals surface area contributed by atoms with Gasteiger partial charge < -0.3 is 20.1 Å². The number of hydrogen-bond donors (Lipinski definition) is 1. The molecule has 1 heterocycles. The van der Waals surface area contributed by atoms with Crippen LogP contribution in [0.2, 0.25) is 0 Å². The van der Waals surface area contributed by atoms with E-state index in [9.17, 15) is 4.79 Å². The summed E-state index contributed by atoms with van der Waals surface area (Å²) in [4.78, 5) is 13.7. The number of nitrogens with two attached hydrogens (primary N) is 1. The topological polar surface area (TPSA) is 64.8 Å². The number of carbonyl (C=O) groups is 1. The zero-order chi connectivity index (χ0) is 12.1. The van der Waals surface area contributed by atoms with E-state index in [0.717, 1.165) is 12.8 Å². The van der Waals surface area contributed by atoms with Gasteiger partial charge in [0.25, 0.3) is 5.91 Å². The van der Waals surface area contributed by atoms with Crippen LogP contribution in [0.4, 0.5) is 0 Å². The molecule has 0 aliphatic carbocycles. The zero-order valence-corrected chi connectivity index (χ0v) is 10.3. The molecule has 1 unspecified atom stereocenters. The summed E-state index contributed by atoms with van der Waals surface area (Å²) in [5.41, 5.74) is 5.51. The van der Waals surface area contributed by atoms with Gasteiger partial charge in [-0.3, -0.25) is 4.79 Å². The van der Waals surface area contributed by atoms with Gasteiger partial charge in [0.05, 0.1) is 18.8 Å². The SMILES string of the molecule is COCC(C)N(C)C(=O)[C@@H]1CC[C@H](CN)O1. The van der Waals surface area contributed by atoms with E-state index in [-0.39, 0.29) is 24.2 Å². The van der Waals surface area contributed by atoms with Gasteiger partial charge in [-0.05, 0) is 19.8 Å². The van der Waals surface area contributed by atoms with Crippen LogP contribution >= 0.6 is 0 Å². The van der Waals surface area contributed by atoms with Crippen molar-refractivity contribution in [2.75, 3.05) is 27.3 Å². The predicted octanol–water partition coefficient (Wildman–Crippen LogP) is -0.0140. The minimum Gasteiger partial charge on any atom is -0.383 e. The van der Waals surface area contributed by atoms with E-state index < -0.39 is 0 Å². The lowest BCUT2D eigenvalue weighted by atomic mass is 10.1. The van der Waals surface area contributed by atoms with Crippen molar-refractivity contribution in [1.82, 2.24) is 4.90 Å². The molecule has 0 spiro atoms. The maximum Gasteiger partial charge on any atom is 0.251 e. The fraction of sp³-hybridized carbons (Fsp3) is 0.909. The number of methoxy groups -OCH3 is 1. The lowest BCUT2D eigenvalue weighted by Crippen LogP contribution is -2.43. The van der Waals surface area contributed by atoms with Crippen molar-refractivity contribution in [3.05, 3.63) is 0 Å². The molecule has 94 valence electrons. The first-order chi connectivity index (χ1) is 7.60. The molecular weight excluding hydrogens is 208 g/mol. The molecule has 5 nitrogen and oxygen atoms in total. The molecule has 1 aliphatic rings. The van der Waals surface area contributed by atoms with Crippen LogP contribution in [0, 0.1) is 0 Å². The van der Waals surface area contributed by atoms with Crippen molar-refractivity contribution in [1.29, 1.82) is 0 Å². The van der Waals surface area contributed by atoms with Crippen LogP contribution in [0.5, 0.6) is 0 Å². The molecule has 0 bridgehead atoms. The number of ether oxygens (including phenoxy) is 2. The molecule has 3 atom stereocenters. The highest BCUT2D eigenvalue weighted by Gasteiger charge is 2.32. The average molecular weight is 230 g/mol. The molecule has 1 aliphatic heterocycles. The first-order valence-electron chi connectivity index (χ1n) is 5.71. The van der Waals surface area contributed by atoms with Gasteiger partial charge in [0.1, 0.15) is 6.10 Å². The molecule has 2 N–H and O–H groups in total. The number of nitrogens with zero attached hydrogens (tertiary/aromatic N) is 1. The molecule has 0 aromatic rings. The van der Waals surface area contributed by atoms with Crippen LogP contribution in [0.3, 0.4) is 0 Å². The predicted molar refractivity (Wildman–Crippen MR) is 61.1 cm³/mol. The molecule has 0 aromatic carbocycles. The Morgan fingerprint density at radius 2 is 2.31 bits per heavy atom. The van der Waals surface area contributed by atoms with Gasteiger partial charge in [-0.2, -0.15) is 0 Å². The summed E-state index contributed by atoms with van der Waals surface area (Å²) >= 11 is 0. The maximum absolute atomic E-state index is 12.0. The van der Waals surface area contributed by atoms with Crippen LogP contribution < -0.4 is 5.73 Å². The molecule has 0 radical (unpaired) electrons.